The monoisotopic (exact) mass is 264 g/mol. The Morgan fingerprint density at radius 1 is 1.42 bits per heavy atom. The molecule has 1 amide bonds. The third kappa shape index (κ3) is 4.56. The molecule has 0 bridgehead atoms. The van der Waals surface area contributed by atoms with Crippen molar-refractivity contribution in [3.8, 4) is 5.75 Å². The minimum Gasteiger partial charge on any atom is -0.508 e. The zero-order valence-corrected chi connectivity index (χ0v) is 11.9. The van der Waals surface area contributed by atoms with Gasteiger partial charge >= 0.3 is 0 Å². The molecule has 0 aliphatic heterocycles. The first-order valence-electron chi connectivity index (χ1n) is 6.73. The molecule has 1 aromatic rings. The highest BCUT2D eigenvalue weighted by molar-refractivity contribution is 5.84. The van der Waals surface area contributed by atoms with Crippen LogP contribution in [0.25, 0.3) is 0 Å². The maximum absolute atomic E-state index is 11.7. The zero-order valence-electron chi connectivity index (χ0n) is 11.9. The molecular formula is C15H24N2O2. The molecule has 2 unspecified atom stereocenters. The first-order chi connectivity index (χ1) is 8.87. The van der Waals surface area contributed by atoms with Crippen molar-refractivity contribution in [3.05, 3.63) is 29.8 Å². The highest BCUT2D eigenvalue weighted by atomic mass is 16.3. The maximum Gasteiger partial charge on any atom is 0.237 e. The molecule has 0 aliphatic rings. The fraction of sp³-hybridized carbons (Fsp3) is 0.533. The van der Waals surface area contributed by atoms with Gasteiger partial charge in [-0.05, 0) is 50.8 Å². The quantitative estimate of drug-likeness (QED) is 0.704. The first-order valence-corrected chi connectivity index (χ1v) is 6.73. The van der Waals surface area contributed by atoms with E-state index in [4.69, 9.17) is 5.73 Å². The Kier molecular flexibility index (Phi) is 5.36. The van der Waals surface area contributed by atoms with Crippen molar-refractivity contribution in [3.63, 3.8) is 0 Å². The lowest BCUT2D eigenvalue weighted by Gasteiger charge is -2.31. The number of rotatable bonds is 7. The third-order valence-corrected chi connectivity index (χ3v) is 3.57. The van der Waals surface area contributed by atoms with Crippen LogP contribution < -0.4 is 11.1 Å². The summed E-state index contributed by atoms with van der Waals surface area (Å²) in [5.74, 6) is -0.0780. The molecule has 0 radical (unpaired) electrons. The predicted molar refractivity (Wildman–Crippen MR) is 76.9 cm³/mol. The summed E-state index contributed by atoms with van der Waals surface area (Å²) in [4.78, 5) is 11.7. The number of aromatic hydroxyl groups is 1. The zero-order chi connectivity index (χ0) is 14.5. The molecule has 0 aromatic heterocycles. The number of primary amides is 1. The van der Waals surface area contributed by atoms with E-state index in [0.29, 0.717) is 6.42 Å². The van der Waals surface area contributed by atoms with E-state index < -0.39 is 5.54 Å². The summed E-state index contributed by atoms with van der Waals surface area (Å²) in [5.41, 5.74) is 5.90. The van der Waals surface area contributed by atoms with Gasteiger partial charge in [0, 0.05) is 6.04 Å². The molecule has 4 nitrogen and oxygen atoms in total. The van der Waals surface area contributed by atoms with Gasteiger partial charge in [-0.25, -0.2) is 0 Å². The minimum absolute atomic E-state index is 0.248. The van der Waals surface area contributed by atoms with Crippen LogP contribution in [-0.2, 0) is 11.2 Å². The van der Waals surface area contributed by atoms with Crippen LogP contribution in [0, 0.1) is 0 Å². The van der Waals surface area contributed by atoms with Crippen molar-refractivity contribution in [1.29, 1.82) is 0 Å². The number of phenols is 1. The van der Waals surface area contributed by atoms with Crippen molar-refractivity contribution < 1.29 is 9.90 Å². The second-order valence-corrected chi connectivity index (χ2v) is 5.32. The number of amides is 1. The van der Waals surface area contributed by atoms with E-state index in [1.807, 2.05) is 26.0 Å². The van der Waals surface area contributed by atoms with E-state index in [1.54, 1.807) is 12.1 Å². The summed E-state index contributed by atoms with van der Waals surface area (Å²) in [6.45, 7) is 5.96. The molecule has 2 atom stereocenters. The summed E-state index contributed by atoms with van der Waals surface area (Å²) in [6.07, 6.45) is 2.32. The van der Waals surface area contributed by atoms with Crippen molar-refractivity contribution in [2.45, 2.75) is 51.6 Å². The summed E-state index contributed by atoms with van der Waals surface area (Å²) in [6, 6.07) is 7.27. The lowest BCUT2D eigenvalue weighted by Crippen LogP contribution is -2.56. The van der Waals surface area contributed by atoms with Gasteiger partial charge in [0.15, 0.2) is 0 Å². The molecule has 4 N–H and O–H groups in total. The fourth-order valence-corrected chi connectivity index (χ4v) is 1.97. The van der Waals surface area contributed by atoms with Crippen molar-refractivity contribution in [1.82, 2.24) is 5.32 Å². The Labute approximate surface area is 115 Å². The number of carbonyl (C=O) groups is 1. The maximum atomic E-state index is 11.7. The van der Waals surface area contributed by atoms with Gasteiger partial charge in [0.05, 0.1) is 5.54 Å². The Morgan fingerprint density at radius 2 is 2.00 bits per heavy atom. The number of hydrogen-bond donors (Lipinski definition) is 3. The lowest BCUT2D eigenvalue weighted by atomic mass is 9.91. The minimum atomic E-state index is -0.701. The van der Waals surface area contributed by atoms with Crippen molar-refractivity contribution in [2.24, 2.45) is 5.73 Å². The van der Waals surface area contributed by atoms with E-state index in [-0.39, 0.29) is 17.7 Å². The lowest BCUT2D eigenvalue weighted by molar-refractivity contribution is -0.124. The largest absolute Gasteiger partial charge is 0.508 e. The Balaban J connectivity index is 2.68. The highest BCUT2D eigenvalue weighted by Gasteiger charge is 2.31. The summed E-state index contributed by atoms with van der Waals surface area (Å²) in [7, 11) is 0. The average Bonchev–Trinajstić information content (AvgIpc) is 2.37. The normalized spacial score (nSPS) is 15.7. The molecular weight excluding hydrogens is 240 g/mol. The van der Waals surface area contributed by atoms with Gasteiger partial charge in [0.2, 0.25) is 5.91 Å². The summed E-state index contributed by atoms with van der Waals surface area (Å²) >= 11 is 0. The number of hydrogen-bond acceptors (Lipinski definition) is 3. The molecule has 1 aromatic carbocycles. The molecule has 1 rings (SSSR count). The van der Waals surface area contributed by atoms with Crippen LogP contribution in [0.2, 0.25) is 0 Å². The second kappa shape index (κ2) is 6.57. The number of phenolic OH excluding ortho intramolecular Hbond substituents is 1. The summed E-state index contributed by atoms with van der Waals surface area (Å²) in [5, 5.41) is 12.5. The van der Waals surface area contributed by atoms with Crippen LogP contribution in [0.15, 0.2) is 24.3 Å². The number of nitrogens with two attached hydrogens (primary N) is 1. The Hall–Kier alpha value is -1.55. The molecule has 0 heterocycles. The van der Waals surface area contributed by atoms with Gasteiger partial charge in [0.1, 0.15) is 5.75 Å². The number of benzene rings is 1. The van der Waals surface area contributed by atoms with Gasteiger partial charge in [-0.1, -0.05) is 19.1 Å². The van der Waals surface area contributed by atoms with Crippen LogP contribution in [0.5, 0.6) is 5.75 Å². The van der Waals surface area contributed by atoms with Gasteiger partial charge < -0.3 is 16.2 Å². The van der Waals surface area contributed by atoms with Gasteiger partial charge in [0.25, 0.3) is 0 Å². The number of aryl methyl sites for hydroxylation is 1. The van der Waals surface area contributed by atoms with Gasteiger partial charge in [-0.3, -0.25) is 4.79 Å². The van der Waals surface area contributed by atoms with E-state index in [9.17, 15) is 9.90 Å². The van der Waals surface area contributed by atoms with Gasteiger partial charge in [-0.15, -0.1) is 0 Å². The molecule has 0 saturated heterocycles. The predicted octanol–water partition coefficient (Wildman–Crippen LogP) is 1.96. The molecule has 0 aliphatic carbocycles. The van der Waals surface area contributed by atoms with E-state index in [0.717, 1.165) is 18.4 Å². The smallest absolute Gasteiger partial charge is 0.237 e. The average molecular weight is 264 g/mol. The molecule has 19 heavy (non-hydrogen) atoms. The molecule has 106 valence electrons. The number of carbonyl (C=O) groups excluding carboxylic acids is 1. The van der Waals surface area contributed by atoms with E-state index in [1.165, 1.54) is 0 Å². The topological polar surface area (TPSA) is 75.3 Å². The molecule has 4 heteroatoms. The fourth-order valence-electron chi connectivity index (χ4n) is 1.97. The third-order valence-electron chi connectivity index (χ3n) is 3.57. The van der Waals surface area contributed by atoms with E-state index in [2.05, 4.69) is 12.2 Å². The first kappa shape index (κ1) is 15.5. The highest BCUT2D eigenvalue weighted by Crippen LogP contribution is 2.17. The molecule has 0 saturated carbocycles. The van der Waals surface area contributed by atoms with Crippen LogP contribution >= 0.6 is 0 Å². The standard InChI is InChI=1S/C15H24N2O2/c1-4-11(2)17-15(3,14(16)19)10-9-12-5-7-13(18)8-6-12/h5-8,11,17-18H,4,9-10H2,1-3H3,(H2,16,19). The Bertz CT molecular complexity index is 417. The number of nitrogens with one attached hydrogen (secondary N) is 1. The van der Waals surface area contributed by atoms with Crippen molar-refractivity contribution in [2.75, 3.05) is 0 Å². The SMILES string of the molecule is CCC(C)NC(C)(CCc1ccc(O)cc1)C(N)=O. The Morgan fingerprint density at radius 3 is 2.47 bits per heavy atom. The molecule has 0 fully saturated rings. The van der Waals surface area contributed by atoms with Crippen LogP contribution in [0.1, 0.15) is 39.2 Å². The van der Waals surface area contributed by atoms with Crippen LogP contribution in [-0.4, -0.2) is 22.6 Å². The van der Waals surface area contributed by atoms with Crippen LogP contribution in [0.3, 0.4) is 0 Å². The second-order valence-electron chi connectivity index (χ2n) is 5.32. The van der Waals surface area contributed by atoms with Crippen molar-refractivity contribution >= 4 is 5.91 Å². The van der Waals surface area contributed by atoms with Gasteiger partial charge in [-0.2, -0.15) is 0 Å². The van der Waals surface area contributed by atoms with E-state index >= 15 is 0 Å². The summed E-state index contributed by atoms with van der Waals surface area (Å²) < 4.78 is 0. The molecule has 0 spiro atoms. The van der Waals surface area contributed by atoms with Crippen LogP contribution in [0.4, 0.5) is 0 Å².